The second kappa shape index (κ2) is 6.85. The Bertz CT molecular complexity index is 409. The molecule has 0 bridgehead atoms. The molecule has 1 N–H and O–H groups in total. The van der Waals surface area contributed by atoms with Crippen molar-refractivity contribution in [3.63, 3.8) is 0 Å². The van der Waals surface area contributed by atoms with Gasteiger partial charge < -0.3 is 10.1 Å². The molecule has 1 heterocycles. The zero-order valence-corrected chi connectivity index (χ0v) is 10.2. The maximum atomic E-state index is 11.6. The summed E-state index contributed by atoms with van der Waals surface area (Å²) in [5.74, 6) is -0.583. The first-order valence-corrected chi connectivity index (χ1v) is 5.70. The fourth-order valence-corrected chi connectivity index (χ4v) is 1.23. The van der Waals surface area contributed by atoms with Crippen LogP contribution in [0, 0.1) is 0 Å². The van der Waals surface area contributed by atoms with Gasteiger partial charge in [-0.2, -0.15) is 0 Å². The van der Waals surface area contributed by atoms with Crippen LogP contribution in [-0.2, 0) is 4.74 Å². The number of carbonyl (C=O) groups is 2. The van der Waals surface area contributed by atoms with E-state index in [1.165, 1.54) is 12.1 Å². The summed E-state index contributed by atoms with van der Waals surface area (Å²) in [5, 5.41) is 2.56. The minimum absolute atomic E-state index is 0.116. The molecule has 1 amide bonds. The van der Waals surface area contributed by atoms with Gasteiger partial charge in [-0.1, -0.05) is 6.07 Å². The molecule has 0 saturated heterocycles. The molecule has 0 aliphatic carbocycles. The number of aromatic nitrogens is 1. The molecule has 1 aromatic heterocycles. The van der Waals surface area contributed by atoms with E-state index >= 15 is 0 Å². The van der Waals surface area contributed by atoms with Gasteiger partial charge in [0.2, 0.25) is 0 Å². The topological polar surface area (TPSA) is 68.3 Å². The zero-order valence-electron chi connectivity index (χ0n) is 9.40. The van der Waals surface area contributed by atoms with Crippen molar-refractivity contribution in [2.45, 2.75) is 6.92 Å². The van der Waals surface area contributed by atoms with Crippen molar-refractivity contribution < 1.29 is 14.3 Å². The Balaban J connectivity index is 2.78. The lowest BCUT2D eigenvalue weighted by molar-refractivity contribution is 0.0519. The highest BCUT2D eigenvalue weighted by Gasteiger charge is 2.12. The van der Waals surface area contributed by atoms with E-state index in [0.29, 0.717) is 12.4 Å². The van der Waals surface area contributed by atoms with Crippen molar-refractivity contribution >= 4 is 23.5 Å². The lowest BCUT2D eigenvalue weighted by Gasteiger charge is -2.04. The van der Waals surface area contributed by atoms with E-state index in [-0.39, 0.29) is 23.9 Å². The number of hydrogen-bond acceptors (Lipinski definition) is 4. The van der Waals surface area contributed by atoms with Gasteiger partial charge in [-0.25, -0.2) is 9.78 Å². The van der Waals surface area contributed by atoms with Crippen molar-refractivity contribution in [3.05, 3.63) is 29.6 Å². The molecule has 0 unspecified atom stereocenters. The number of nitrogens with one attached hydrogen (secondary N) is 1. The molecule has 1 aromatic rings. The van der Waals surface area contributed by atoms with Crippen LogP contribution in [0.3, 0.4) is 0 Å². The summed E-state index contributed by atoms with van der Waals surface area (Å²) in [6, 6.07) is 4.59. The first-order valence-electron chi connectivity index (χ1n) is 5.17. The van der Waals surface area contributed by atoms with E-state index < -0.39 is 5.97 Å². The monoisotopic (exact) mass is 256 g/mol. The fourth-order valence-electron chi connectivity index (χ4n) is 1.13. The van der Waals surface area contributed by atoms with E-state index in [0.717, 1.165) is 0 Å². The first kappa shape index (κ1) is 13.4. The van der Waals surface area contributed by atoms with Gasteiger partial charge in [-0.15, -0.1) is 11.6 Å². The van der Waals surface area contributed by atoms with Crippen LogP contribution >= 0.6 is 11.6 Å². The molecular weight excluding hydrogens is 244 g/mol. The Kier molecular flexibility index (Phi) is 5.42. The van der Waals surface area contributed by atoms with E-state index in [1.807, 2.05) is 0 Å². The lowest BCUT2D eigenvalue weighted by Crippen LogP contribution is -2.26. The second-order valence-corrected chi connectivity index (χ2v) is 3.45. The summed E-state index contributed by atoms with van der Waals surface area (Å²) < 4.78 is 4.79. The standard InChI is InChI=1S/C11H13ClN2O3/c1-2-17-11(16)9-5-3-4-8(14-9)10(15)13-7-6-12/h3-5H,2,6-7H2,1H3,(H,13,15). The number of esters is 1. The summed E-state index contributed by atoms with van der Waals surface area (Å²) in [4.78, 5) is 26.9. The molecule has 0 atom stereocenters. The van der Waals surface area contributed by atoms with Crippen LogP contribution in [0.15, 0.2) is 18.2 Å². The van der Waals surface area contributed by atoms with Crippen LogP contribution in [0.2, 0.25) is 0 Å². The molecule has 0 aromatic carbocycles. The lowest BCUT2D eigenvalue weighted by atomic mass is 10.3. The van der Waals surface area contributed by atoms with Gasteiger partial charge in [0.15, 0.2) is 0 Å². The molecule has 0 radical (unpaired) electrons. The average molecular weight is 257 g/mol. The number of hydrogen-bond donors (Lipinski definition) is 1. The first-order chi connectivity index (χ1) is 8.19. The van der Waals surface area contributed by atoms with Crippen molar-refractivity contribution in [2.24, 2.45) is 0 Å². The van der Waals surface area contributed by atoms with Crippen LogP contribution in [0.4, 0.5) is 0 Å². The quantitative estimate of drug-likeness (QED) is 0.635. The highest BCUT2D eigenvalue weighted by Crippen LogP contribution is 2.01. The smallest absolute Gasteiger partial charge is 0.356 e. The molecular formula is C11H13ClN2O3. The predicted molar refractivity (Wildman–Crippen MR) is 63.2 cm³/mol. The minimum atomic E-state index is -0.542. The van der Waals surface area contributed by atoms with Gasteiger partial charge in [0.05, 0.1) is 6.61 Å². The second-order valence-electron chi connectivity index (χ2n) is 3.07. The number of pyridine rings is 1. The SMILES string of the molecule is CCOC(=O)c1cccc(C(=O)NCCCl)n1. The highest BCUT2D eigenvalue weighted by molar-refractivity contribution is 6.18. The number of amides is 1. The number of ether oxygens (including phenoxy) is 1. The molecule has 5 nitrogen and oxygen atoms in total. The van der Waals surface area contributed by atoms with Gasteiger partial charge in [0.25, 0.3) is 5.91 Å². The minimum Gasteiger partial charge on any atom is -0.461 e. The fraction of sp³-hybridized carbons (Fsp3) is 0.364. The molecule has 17 heavy (non-hydrogen) atoms. The third-order valence-electron chi connectivity index (χ3n) is 1.85. The van der Waals surface area contributed by atoms with Crippen LogP contribution in [0.25, 0.3) is 0 Å². The van der Waals surface area contributed by atoms with E-state index in [2.05, 4.69) is 10.3 Å². The maximum Gasteiger partial charge on any atom is 0.356 e. The van der Waals surface area contributed by atoms with Crippen molar-refractivity contribution in [1.82, 2.24) is 10.3 Å². The normalized spacial score (nSPS) is 9.76. The number of rotatable bonds is 5. The van der Waals surface area contributed by atoms with Crippen molar-refractivity contribution in [1.29, 1.82) is 0 Å². The number of halogens is 1. The summed E-state index contributed by atoms with van der Waals surface area (Å²) >= 11 is 5.45. The molecule has 0 fully saturated rings. The predicted octanol–water partition coefficient (Wildman–Crippen LogP) is 1.23. The third-order valence-corrected chi connectivity index (χ3v) is 2.04. The highest BCUT2D eigenvalue weighted by atomic mass is 35.5. The average Bonchev–Trinajstić information content (AvgIpc) is 2.36. The third kappa shape index (κ3) is 4.03. The van der Waals surface area contributed by atoms with Crippen LogP contribution in [0.1, 0.15) is 27.9 Å². The molecule has 0 aliphatic rings. The summed E-state index contributed by atoms with van der Waals surface area (Å²) in [6.45, 7) is 2.32. The molecule has 6 heteroatoms. The van der Waals surface area contributed by atoms with Crippen LogP contribution < -0.4 is 5.32 Å². The number of alkyl halides is 1. The van der Waals surface area contributed by atoms with Gasteiger partial charge in [0, 0.05) is 12.4 Å². The zero-order chi connectivity index (χ0) is 12.7. The van der Waals surface area contributed by atoms with Crippen LogP contribution in [-0.4, -0.2) is 35.9 Å². The van der Waals surface area contributed by atoms with Crippen molar-refractivity contribution in [3.8, 4) is 0 Å². The molecule has 0 saturated carbocycles. The number of nitrogens with zero attached hydrogens (tertiary/aromatic N) is 1. The molecule has 1 rings (SSSR count). The van der Waals surface area contributed by atoms with Crippen LogP contribution in [0.5, 0.6) is 0 Å². The van der Waals surface area contributed by atoms with Gasteiger partial charge in [-0.05, 0) is 19.1 Å². The van der Waals surface area contributed by atoms with E-state index in [1.54, 1.807) is 13.0 Å². The maximum absolute atomic E-state index is 11.6. The summed E-state index contributed by atoms with van der Waals surface area (Å²) in [5.41, 5.74) is 0.283. The number of carbonyl (C=O) groups excluding carboxylic acids is 2. The van der Waals surface area contributed by atoms with E-state index in [4.69, 9.17) is 16.3 Å². The molecule has 92 valence electrons. The van der Waals surface area contributed by atoms with E-state index in [9.17, 15) is 9.59 Å². The van der Waals surface area contributed by atoms with Crippen molar-refractivity contribution in [2.75, 3.05) is 19.0 Å². The van der Waals surface area contributed by atoms with Gasteiger partial charge >= 0.3 is 5.97 Å². The Morgan fingerprint density at radius 2 is 2.12 bits per heavy atom. The summed E-state index contributed by atoms with van der Waals surface area (Å²) in [6.07, 6.45) is 0. The Morgan fingerprint density at radius 3 is 2.76 bits per heavy atom. The Hall–Kier alpha value is -1.62. The van der Waals surface area contributed by atoms with Gasteiger partial charge in [-0.3, -0.25) is 4.79 Å². The van der Waals surface area contributed by atoms with Gasteiger partial charge in [0.1, 0.15) is 11.4 Å². The molecule has 0 aliphatic heterocycles. The summed E-state index contributed by atoms with van der Waals surface area (Å²) in [7, 11) is 0. The molecule has 0 spiro atoms. The largest absolute Gasteiger partial charge is 0.461 e. The Labute approximate surface area is 104 Å². The Morgan fingerprint density at radius 1 is 1.41 bits per heavy atom.